The monoisotopic (exact) mass is 414 g/mol. The van der Waals surface area contributed by atoms with Gasteiger partial charge in [0.2, 0.25) is 0 Å². The molecule has 0 amide bonds. The first-order valence-corrected chi connectivity index (χ1v) is 11.3. The molecular formula is C24H34F4O. The summed E-state index contributed by atoms with van der Waals surface area (Å²) >= 11 is 0. The number of hydrogen-bond acceptors (Lipinski definition) is 1. The maximum atomic E-state index is 12.9. The molecule has 0 aliphatic heterocycles. The Kier molecular flexibility index (Phi) is 7.86. The highest BCUT2D eigenvalue weighted by molar-refractivity contribution is 5.27. The molecule has 2 fully saturated rings. The largest absolute Gasteiger partial charge is 0.457 e. The van der Waals surface area contributed by atoms with Crippen LogP contribution < -0.4 is 4.74 Å². The third-order valence-electron chi connectivity index (χ3n) is 7.29. The topological polar surface area (TPSA) is 9.23 Å². The highest BCUT2D eigenvalue weighted by atomic mass is 19.4. The fourth-order valence-electron chi connectivity index (χ4n) is 5.31. The van der Waals surface area contributed by atoms with E-state index in [1.807, 2.05) is 0 Å². The van der Waals surface area contributed by atoms with Gasteiger partial charge in [-0.05, 0) is 79.9 Å². The maximum Gasteiger partial charge on any atom is 0.457 e. The van der Waals surface area contributed by atoms with E-state index in [9.17, 15) is 17.6 Å². The summed E-state index contributed by atoms with van der Waals surface area (Å²) in [6.45, 7) is 2.32. The van der Waals surface area contributed by atoms with E-state index in [1.165, 1.54) is 69.9 Å². The Labute approximate surface area is 172 Å². The minimum absolute atomic E-state index is 0.0862. The van der Waals surface area contributed by atoms with E-state index in [2.05, 4.69) is 11.7 Å². The lowest BCUT2D eigenvalue weighted by atomic mass is 9.68. The van der Waals surface area contributed by atoms with Gasteiger partial charge >= 0.3 is 12.5 Å². The molecule has 0 bridgehead atoms. The normalized spacial score (nSPS) is 29.4. The molecule has 0 heterocycles. The lowest BCUT2D eigenvalue weighted by molar-refractivity contribution is -0.236. The van der Waals surface area contributed by atoms with E-state index in [4.69, 9.17) is 0 Å². The fourth-order valence-corrected chi connectivity index (χ4v) is 5.31. The Bertz CT molecular complexity index is 596. The summed E-state index contributed by atoms with van der Waals surface area (Å²) in [7, 11) is 0. The van der Waals surface area contributed by atoms with Crippen LogP contribution in [0.4, 0.5) is 17.6 Å². The summed E-state index contributed by atoms with van der Waals surface area (Å²) in [5.74, 6) is 3.49. The predicted octanol–water partition coefficient (Wildman–Crippen LogP) is 7.88. The van der Waals surface area contributed by atoms with Crippen LogP contribution in [0.1, 0.15) is 76.7 Å². The standard InChI is InChI=1S/C24H34F4O/c1-2-17-5-11-20(12-6-17)21-13-7-18(8-14-21)3-4-19-9-15-22(16-10-19)29-23(25)24(26,27)28/h9-10,15-18,20-21,23H,2-8,11-14H2,1H3/t17-,18-,20-,21-,23?. The van der Waals surface area contributed by atoms with Gasteiger partial charge in [0.15, 0.2) is 0 Å². The molecule has 2 saturated carbocycles. The number of rotatable bonds is 7. The molecule has 1 aromatic rings. The summed E-state index contributed by atoms with van der Waals surface area (Å²) in [6, 6.07) is 6.35. The summed E-state index contributed by atoms with van der Waals surface area (Å²) in [6.07, 6.45) is 6.11. The molecule has 1 aromatic carbocycles. The van der Waals surface area contributed by atoms with Gasteiger partial charge in [0.1, 0.15) is 5.75 Å². The van der Waals surface area contributed by atoms with Gasteiger partial charge in [0.25, 0.3) is 0 Å². The highest BCUT2D eigenvalue weighted by Crippen LogP contribution is 2.42. The average molecular weight is 415 g/mol. The smallest absolute Gasteiger partial charge is 0.452 e. The fraction of sp³-hybridized carbons (Fsp3) is 0.750. The molecule has 1 unspecified atom stereocenters. The van der Waals surface area contributed by atoms with E-state index in [-0.39, 0.29) is 5.75 Å². The van der Waals surface area contributed by atoms with Crippen LogP contribution in [0.25, 0.3) is 0 Å². The first kappa shape index (κ1) is 22.4. The molecule has 1 nitrogen and oxygen atoms in total. The van der Waals surface area contributed by atoms with Crippen LogP contribution >= 0.6 is 0 Å². The van der Waals surface area contributed by atoms with Crippen LogP contribution in [0.15, 0.2) is 24.3 Å². The van der Waals surface area contributed by atoms with Crippen LogP contribution in [0.3, 0.4) is 0 Å². The number of hydrogen-bond donors (Lipinski definition) is 0. The van der Waals surface area contributed by atoms with Crippen LogP contribution in [-0.2, 0) is 6.42 Å². The third kappa shape index (κ3) is 6.62. The molecule has 2 aliphatic carbocycles. The predicted molar refractivity (Wildman–Crippen MR) is 108 cm³/mol. The molecule has 0 N–H and O–H groups in total. The number of alkyl halides is 4. The van der Waals surface area contributed by atoms with E-state index < -0.39 is 12.5 Å². The van der Waals surface area contributed by atoms with Gasteiger partial charge in [-0.2, -0.15) is 17.6 Å². The molecule has 0 radical (unpaired) electrons. The van der Waals surface area contributed by atoms with Crippen molar-refractivity contribution in [2.45, 2.75) is 90.1 Å². The molecule has 0 aromatic heterocycles. The average Bonchev–Trinajstić information content (AvgIpc) is 2.73. The molecule has 0 spiro atoms. The number of ether oxygens (including phenoxy) is 1. The Morgan fingerprint density at radius 3 is 1.86 bits per heavy atom. The SMILES string of the molecule is CC[C@H]1CC[C@H]([C@H]2CC[C@H](CCc3ccc(OC(F)C(F)(F)F)cc3)CC2)CC1. The molecule has 29 heavy (non-hydrogen) atoms. The second-order valence-corrected chi connectivity index (χ2v) is 9.13. The Morgan fingerprint density at radius 1 is 0.862 bits per heavy atom. The van der Waals surface area contributed by atoms with Crippen molar-refractivity contribution in [1.82, 2.24) is 0 Å². The van der Waals surface area contributed by atoms with Crippen molar-refractivity contribution in [3.63, 3.8) is 0 Å². The second kappa shape index (κ2) is 10.2. The van der Waals surface area contributed by atoms with Gasteiger partial charge in [0, 0.05) is 0 Å². The molecule has 5 heteroatoms. The number of halogens is 4. The van der Waals surface area contributed by atoms with Crippen molar-refractivity contribution in [2.75, 3.05) is 0 Å². The van der Waals surface area contributed by atoms with Gasteiger partial charge in [-0.3, -0.25) is 0 Å². The van der Waals surface area contributed by atoms with E-state index >= 15 is 0 Å². The number of aryl methyl sites for hydroxylation is 1. The summed E-state index contributed by atoms with van der Waals surface area (Å²) in [5.41, 5.74) is 1.07. The van der Waals surface area contributed by atoms with Crippen LogP contribution in [0.5, 0.6) is 5.75 Å². The van der Waals surface area contributed by atoms with Crippen LogP contribution in [0, 0.1) is 23.7 Å². The zero-order valence-electron chi connectivity index (χ0n) is 17.4. The first-order valence-electron chi connectivity index (χ1n) is 11.3. The summed E-state index contributed by atoms with van der Waals surface area (Å²) in [4.78, 5) is 0. The van der Waals surface area contributed by atoms with Gasteiger partial charge in [-0.25, -0.2) is 0 Å². The maximum absolute atomic E-state index is 12.9. The van der Waals surface area contributed by atoms with Gasteiger partial charge < -0.3 is 4.74 Å². The molecular weight excluding hydrogens is 380 g/mol. The van der Waals surface area contributed by atoms with Crippen molar-refractivity contribution in [3.8, 4) is 5.75 Å². The summed E-state index contributed by atoms with van der Waals surface area (Å²) in [5, 5.41) is 0. The van der Waals surface area contributed by atoms with Crippen molar-refractivity contribution < 1.29 is 22.3 Å². The molecule has 2 aliphatic rings. The quantitative estimate of drug-likeness (QED) is 0.412. The zero-order chi connectivity index (χ0) is 20.9. The second-order valence-electron chi connectivity index (χ2n) is 9.13. The van der Waals surface area contributed by atoms with Gasteiger partial charge in [-0.15, -0.1) is 0 Å². The minimum atomic E-state index is -4.99. The highest BCUT2D eigenvalue weighted by Gasteiger charge is 2.42. The lowest BCUT2D eigenvalue weighted by Gasteiger charge is -2.37. The molecule has 164 valence electrons. The Balaban J connectivity index is 1.37. The minimum Gasteiger partial charge on any atom is -0.452 e. The van der Waals surface area contributed by atoms with E-state index in [0.29, 0.717) is 0 Å². The van der Waals surface area contributed by atoms with Crippen molar-refractivity contribution in [2.24, 2.45) is 23.7 Å². The Hall–Kier alpha value is -1.26. The number of benzene rings is 1. The van der Waals surface area contributed by atoms with Crippen molar-refractivity contribution in [1.29, 1.82) is 0 Å². The zero-order valence-corrected chi connectivity index (χ0v) is 17.4. The van der Waals surface area contributed by atoms with Crippen LogP contribution in [0.2, 0.25) is 0 Å². The first-order chi connectivity index (χ1) is 13.8. The summed E-state index contributed by atoms with van der Waals surface area (Å²) < 4.78 is 53.9. The molecule has 3 rings (SSSR count). The van der Waals surface area contributed by atoms with Gasteiger partial charge in [0.05, 0.1) is 0 Å². The molecule has 1 atom stereocenters. The lowest BCUT2D eigenvalue weighted by Crippen LogP contribution is -2.29. The van der Waals surface area contributed by atoms with Crippen molar-refractivity contribution in [3.05, 3.63) is 29.8 Å². The Morgan fingerprint density at radius 2 is 1.38 bits per heavy atom. The van der Waals surface area contributed by atoms with Gasteiger partial charge in [-0.1, -0.05) is 51.2 Å². The van der Waals surface area contributed by atoms with E-state index in [1.54, 1.807) is 12.1 Å². The van der Waals surface area contributed by atoms with Crippen LogP contribution in [-0.4, -0.2) is 12.5 Å². The van der Waals surface area contributed by atoms with Crippen molar-refractivity contribution >= 4 is 0 Å². The van der Waals surface area contributed by atoms with E-state index in [0.717, 1.165) is 42.1 Å². The molecule has 0 saturated heterocycles. The third-order valence-corrected chi connectivity index (χ3v) is 7.29.